The topological polar surface area (TPSA) is 15.3 Å². The molecule has 2 atom stereocenters. The van der Waals surface area contributed by atoms with Gasteiger partial charge in [-0.2, -0.15) is 0 Å². The molecule has 1 N–H and O–H groups in total. The molecule has 1 heterocycles. The Labute approximate surface area is 101 Å². The zero-order chi connectivity index (χ0) is 11.4. The van der Waals surface area contributed by atoms with Crippen LogP contribution >= 0.6 is 0 Å². The van der Waals surface area contributed by atoms with Crippen molar-refractivity contribution in [1.82, 2.24) is 10.2 Å². The maximum absolute atomic E-state index is 3.71. The van der Waals surface area contributed by atoms with E-state index in [1.165, 1.54) is 58.2 Å². The van der Waals surface area contributed by atoms with Crippen molar-refractivity contribution in [2.45, 2.75) is 64.5 Å². The van der Waals surface area contributed by atoms with Gasteiger partial charge in [-0.1, -0.05) is 19.8 Å². The summed E-state index contributed by atoms with van der Waals surface area (Å²) in [5, 5.41) is 3.71. The molecule has 16 heavy (non-hydrogen) atoms. The highest BCUT2D eigenvalue weighted by Crippen LogP contribution is 2.31. The van der Waals surface area contributed by atoms with E-state index in [1.54, 1.807) is 0 Å². The largest absolute Gasteiger partial charge is 0.314 e. The highest BCUT2D eigenvalue weighted by Gasteiger charge is 2.34. The smallest absolute Gasteiger partial charge is 0.00965 e. The Balaban J connectivity index is 1.56. The first kappa shape index (κ1) is 12.4. The molecule has 2 unspecified atom stereocenters. The summed E-state index contributed by atoms with van der Waals surface area (Å²) in [5.74, 6) is 0.921. The van der Waals surface area contributed by atoms with Gasteiger partial charge in [0.25, 0.3) is 0 Å². The molecule has 1 saturated carbocycles. The van der Waals surface area contributed by atoms with Crippen LogP contribution in [0.25, 0.3) is 0 Å². The lowest BCUT2D eigenvalue weighted by atomic mass is 10.1. The van der Waals surface area contributed by atoms with Crippen LogP contribution in [-0.2, 0) is 0 Å². The molecule has 0 radical (unpaired) electrons. The molecule has 2 aliphatic rings. The van der Waals surface area contributed by atoms with E-state index in [9.17, 15) is 0 Å². The van der Waals surface area contributed by atoms with Crippen LogP contribution in [0.4, 0.5) is 0 Å². The van der Waals surface area contributed by atoms with E-state index >= 15 is 0 Å². The lowest BCUT2D eigenvalue weighted by Crippen LogP contribution is -2.32. The molecule has 0 aromatic heterocycles. The second-order valence-electron chi connectivity index (χ2n) is 5.83. The number of nitrogens with one attached hydrogen (secondary N) is 1. The van der Waals surface area contributed by atoms with E-state index in [2.05, 4.69) is 24.1 Å². The van der Waals surface area contributed by atoms with Gasteiger partial charge in [0.05, 0.1) is 0 Å². The third-order valence-corrected chi connectivity index (χ3v) is 4.13. The summed E-state index contributed by atoms with van der Waals surface area (Å²) >= 11 is 0. The van der Waals surface area contributed by atoms with Gasteiger partial charge in [0, 0.05) is 18.6 Å². The average molecular weight is 224 g/mol. The van der Waals surface area contributed by atoms with Crippen molar-refractivity contribution < 1.29 is 0 Å². The first-order chi connectivity index (χ1) is 7.79. The number of hydrogen-bond acceptors (Lipinski definition) is 2. The molecule has 2 fully saturated rings. The van der Waals surface area contributed by atoms with Crippen LogP contribution < -0.4 is 5.32 Å². The number of hydrogen-bond donors (Lipinski definition) is 1. The molecule has 0 aromatic rings. The Hall–Kier alpha value is -0.0800. The standard InChI is InChI=1S/C14H28N2/c1-3-4-5-12(2)15-10-13-8-9-16(11-13)14-6-7-14/h12-15H,3-11H2,1-2H3. The Morgan fingerprint density at radius 3 is 2.81 bits per heavy atom. The minimum absolute atomic E-state index is 0.718. The Kier molecular flexibility index (Phi) is 4.66. The summed E-state index contributed by atoms with van der Waals surface area (Å²) in [5.41, 5.74) is 0. The zero-order valence-electron chi connectivity index (χ0n) is 11.0. The van der Waals surface area contributed by atoms with Crippen molar-refractivity contribution in [2.24, 2.45) is 5.92 Å². The van der Waals surface area contributed by atoms with Crippen LogP contribution in [0.3, 0.4) is 0 Å². The molecule has 2 rings (SSSR count). The number of rotatable bonds is 7. The molecule has 94 valence electrons. The van der Waals surface area contributed by atoms with Crippen molar-refractivity contribution in [2.75, 3.05) is 19.6 Å². The molecule has 1 saturated heterocycles. The van der Waals surface area contributed by atoms with Crippen LogP contribution in [0.15, 0.2) is 0 Å². The average Bonchev–Trinajstić information content (AvgIpc) is 3.03. The van der Waals surface area contributed by atoms with E-state index in [1.807, 2.05) is 0 Å². The van der Waals surface area contributed by atoms with E-state index in [-0.39, 0.29) is 0 Å². The lowest BCUT2D eigenvalue weighted by molar-refractivity contribution is 0.309. The zero-order valence-corrected chi connectivity index (χ0v) is 11.0. The fraction of sp³-hybridized carbons (Fsp3) is 1.00. The normalized spacial score (nSPS) is 28.5. The van der Waals surface area contributed by atoms with E-state index in [0.29, 0.717) is 0 Å². The van der Waals surface area contributed by atoms with Gasteiger partial charge in [-0.25, -0.2) is 0 Å². The van der Waals surface area contributed by atoms with Crippen molar-refractivity contribution in [3.05, 3.63) is 0 Å². The van der Waals surface area contributed by atoms with Crippen LogP contribution in [0, 0.1) is 5.92 Å². The SMILES string of the molecule is CCCCC(C)NCC1CCN(C2CC2)C1. The minimum atomic E-state index is 0.718. The van der Waals surface area contributed by atoms with Crippen LogP contribution in [-0.4, -0.2) is 36.6 Å². The van der Waals surface area contributed by atoms with E-state index in [0.717, 1.165) is 18.0 Å². The van der Waals surface area contributed by atoms with Gasteiger partial charge < -0.3 is 10.2 Å². The maximum Gasteiger partial charge on any atom is 0.00965 e. The van der Waals surface area contributed by atoms with Gasteiger partial charge in [0.1, 0.15) is 0 Å². The summed E-state index contributed by atoms with van der Waals surface area (Å²) in [7, 11) is 0. The summed E-state index contributed by atoms with van der Waals surface area (Å²) in [6, 6.07) is 1.69. The first-order valence-electron chi connectivity index (χ1n) is 7.27. The Morgan fingerprint density at radius 1 is 1.31 bits per heavy atom. The van der Waals surface area contributed by atoms with Crippen molar-refractivity contribution in [1.29, 1.82) is 0 Å². The molecule has 0 spiro atoms. The number of likely N-dealkylation sites (tertiary alicyclic amines) is 1. The Bertz CT molecular complexity index is 201. The third-order valence-electron chi connectivity index (χ3n) is 4.13. The highest BCUT2D eigenvalue weighted by atomic mass is 15.2. The molecule has 2 nitrogen and oxygen atoms in total. The summed E-state index contributed by atoms with van der Waals surface area (Å²) in [6.45, 7) is 8.58. The molecule has 0 bridgehead atoms. The molecule has 1 aliphatic carbocycles. The molecule has 2 heteroatoms. The monoisotopic (exact) mass is 224 g/mol. The van der Waals surface area contributed by atoms with Gasteiger partial charge >= 0.3 is 0 Å². The minimum Gasteiger partial charge on any atom is -0.314 e. The van der Waals surface area contributed by atoms with Gasteiger partial charge in [0.2, 0.25) is 0 Å². The third kappa shape index (κ3) is 3.74. The van der Waals surface area contributed by atoms with Gasteiger partial charge in [-0.3, -0.25) is 0 Å². The van der Waals surface area contributed by atoms with E-state index in [4.69, 9.17) is 0 Å². The number of nitrogens with zero attached hydrogens (tertiary/aromatic N) is 1. The fourth-order valence-corrected chi connectivity index (χ4v) is 2.78. The van der Waals surface area contributed by atoms with Gasteiger partial charge in [0.15, 0.2) is 0 Å². The molecular formula is C14H28N2. The molecule has 0 amide bonds. The van der Waals surface area contributed by atoms with Crippen molar-refractivity contribution in [3.8, 4) is 0 Å². The molecular weight excluding hydrogens is 196 g/mol. The summed E-state index contributed by atoms with van der Waals surface area (Å²) in [6.07, 6.45) is 8.39. The fourth-order valence-electron chi connectivity index (χ4n) is 2.78. The second-order valence-corrected chi connectivity index (χ2v) is 5.83. The second kappa shape index (κ2) is 6.02. The maximum atomic E-state index is 3.71. The first-order valence-corrected chi connectivity index (χ1v) is 7.27. The quantitative estimate of drug-likeness (QED) is 0.715. The highest BCUT2D eigenvalue weighted by molar-refractivity contribution is 4.90. The Morgan fingerprint density at radius 2 is 2.12 bits per heavy atom. The van der Waals surface area contributed by atoms with Crippen LogP contribution in [0.2, 0.25) is 0 Å². The van der Waals surface area contributed by atoms with Crippen LogP contribution in [0.1, 0.15) is 52.4 Å². The van der Waals surface area contributed by atoms with Crippen molar-refractivity contribution >= 4 is 0 Å². The molecule has 0 aromatic carbocycles. The predicted octanol–water partition coefficient (Wildman–Crippen LogP) is 2.64. The summed E-state index contributed by atoms with van der Waals surface area (Å²) in [4.78, 5) is 2.71. The summed E-state index contributed by atoms with van der Waals surface area (Å²) < 4.78 is 0. The van der Waals surface area contributed by atoms with Crippen LogP contribution in [0.5, 0.6) is 0 Å². The lowest BCUT2D eigenvalue weighted by Gasteiger charge is -2.18. The van der Waals surface area contributed by atoms with E-state index < -0.39 is 0 Å². The van der Waals surface area contributed by atoms with Gasteiger partial charge in [-0.05, 0) is 51.6 Å². The number of unbranched alkanes of at least 4 members (excludes halogenated alkanes) is 1. The van der Waals surface area contributed by atoms with Gasteiger partial charge in [-0.15, -0.1) is 0 Å². The van der Waals surface area contributed by atoms with Crippen molar-refractivity contribution in [3.63, 3.8) is 0 Å². The predicted molar refractivity (Wildman–Crippen MR) is 69.7 cm³/mol. The molecule has 1 aliphatic heterocycles.